The molecule has 1 fully saturated rings. The highest BCUT2D eigenvalue weighted by Crippen LogP contribution is 2.31. The zero-order valence-electron chi connectivity index (χ0n) is 10.3. The number of nitrogens with zero attached hydrogens (tertiary/aromatic N) is 1. The minimum atomic E-state index is -0.946. The van der Waals surface area contributed by atoms with E-state index in [4.69, 9.17) is 5.11 Å². The van der Waals surface area contributed by atoms with E-state index in [9.17, 15) is 14.0 Å². The van der Waals surface area contributed by atoms with Crippen molar-refractivity contribution in [1.29, 1.82) is 0 Å². The van der Waals surface area contributed by atoms with Crippen LogP contribution in [0.3, 0.4) is 0 Å². The topological polar surface area (TPSA) is 57.6 Å². The van der Waals surface area contributed by atoms with Crippen LogP contribution in [-0.2, 0) is 4.79 Å². The fourth-order valence-electron chi connectivity index (χ4n) is 2.14. The molecule has 0 radical (unpaired) electrons. The summed E-state index contributed by atoms with van der Waals surface area (Å²) in [4.78, 5) is 24.7. The summed E-state index contributed by atoms with van der Waals surface area (Å²) < 4.78 is 14.2. The van der Waals surface area contributed by atoms with Crippen LogP contribution in [0.15, 0.2) is 22.7 Å². The summed E-state index contributed by atoms with van der Waals surface area (Å²) in [6, 6.07) is 4.13. The smallest absolute Gasteiger partial charge is 0.311 e. The second-order valence-electron chi connectivity index (χ2n) is 4.97. The van der Waals surface area contributed by atoms with E-state index in [1.165, 1.54) is 23.1 Å². The molecule has 0 spiro atoms. The lowest BCUT2D eigenvalue weighted by Gasteiger charge is -2.20. The van der Waals surface area contributed by atoms with Gasteiger partial charge >= 0.3 is 5.97 Å². The van der Waals surface area contributed by atoms with Crippen molar-refractivity contribution in [2.45, 2.75) is 13.3 Å². The summed E-state index contributed by atoms with van der Waals surface area (Å²) >= 11 is 3.19. The van der Waals surface area contributed by atoms with Crippen molar-refractivity contribution in [3.05, 3.63) is 34.1 Å². The van der Waals surface area contributed by atoms with Crippen molar-refractivity contribution in [3.8, 4) is 0 Å². The van der Waals surface area contributed by atoms with Gasteiger partial charge in [0.05, 0.1) is 11.0 Å². The van der Waals surface area contributed by atoms with Crippen LogP contribution >= 0.6 is 15.9 Å². The molecule has 19 heavy (non-hydrogen) atoms. The lowest BCUT2D eigenvalue weighted by Crippen LogP contribution is -2.35. The van der Waals surface area contributed by atoms with Crippen molar-refractivity contribution in [3.63, 3.8) is 0 Å². The normalized spacial score (nSPS) is 22.6. The number of benzene rings is 1. The first kappa shape index (κ1) is 14.0. The average Bonchev–Trinajstić information content (AvgIpc) is 2.76. The van der Waals surface area contributed by atoms with Gasteiger partial charge in [0, 0.05) is 17.6 Å². The third-order valence-corrected chi connectivity index (χ3v) is 3.93. The highest BCUT2D eigenvalue weighted by Gasteiger charge is 2.42. The van der Waals surface area contributed by atoms with Crippen LogP contribution in [0.1, 0.15) is 23.7 Å². The first-order valence-corrected chi connectivity index (χ1v) is 6.60. The molecule has 1 aromatic rings. The highest BCUT2D eigenvalue weighted by molar-refractivity contribution is 9.10. The van der Waals surface area contributed by atoms with Crippen LogP contribution in [0.2, 0.25) is 0 Å². The minimum Gasteiger partial charge on any atom is -0.481 e. The van der Waals surface area contributed by atoms with E-state index < -0.39 is 23.1 Å². The molecule has 1 aromatic carbocycles. The Labute approximate surface area is 118 Å². The van der Waals surface area contributed by atoms with E-state index >= 15 is 0 Å². The summed E-state index contributed by atoms with van der Waals surface area (Å²) in [6.07, 6.45) is 0.379. The van der Waals surface area contributed by atoms with Gasteiger partial charge in [-0.05, 0) is 31.5 Å². The molecule has 102 valence electrons. The van der Waals surface area contributed by atoms with Crippen molar-refractivity contribution in [1.82, 2.24) is 4.90 Å². The van der Waals surface area contributed by atoms with Crippen LogP contribution in [0.4, 0.5) is 4.39 Å². The maximum atomic E-state index is 13.6. The molecule has 0 aliphatic carbocycles. The predicted molar refractivity (Wildman–Crippen MR) is 70.4 cm³/mol. The van der Waals surface area contributed by atoms with Crippen molar-refractivity contribution < 1.29 is 19.1 Å². The quantitative estimate of drug-likeness (QED) is 0.907. The van der Waals surface area contributed by atoms with Crippen LogP contribution in [0.25, 0.3) is 0 Å². The second kappa shape index (κ2) is 4.92. The van der Waals surface area contributed by atoms with Crippen LogP contribution in [0, 0.1) is 11.2 Å². The van der Waals surface area contributed by atoms with Crippen molar-refractivity contribution in [2.75, 3.05) is 13.1 Å². The van der Waals surface area contributed by atoms with E-state index in [0.29, 0.717) is 17.4 Å². The Morgan fingerprint density at radius 2 is 2.16 bits per heavy atom. The Bertz CT molecular complexity index is 549. The molecular weight excluding hydrogens is 317 g/mol. The molecule has 4 nitrogen and oxygen atoms in total. The third kappa shape index (κ3) is 2.63. The molecular formula is C13H13BrFNO3. The standard InChI is InChI=1S/C13H13BrFNO3/c1-13(12(18)19)4-5-16(7-13)11(17)9-6-8(14)2-3-10(9)15/h2-3,6H,4-5,7H2,1H3,(H,18,19). The Hall–Kier alpha value is -1.43. The molecule has 1 heterocycles. The van der Waals surface area contributed by atoms with Crippen molar-refractivity contribution >= 4 is 27.8 Å². The first-order chi connectivity index (χ1) is 8.83. The molecule has 0 aromatic heterocycles. The lowest BCUT2D eigenvalue weighted by atomic mass is 9.90. The predicted octanol–water partition coefficient (Wildman–Crippen LogP) is 2.53. The zero-order valence-corrected chi connectivity index (χ0v) is 11.9. The minimum absolute atomic E-state index is 0.0380. The second-order valence-corrected chi connectivity index (χ2v) is 5.88. The Morgan fingerprint density at radius 3 is 2.74 bits per heavy atom. The third-order valence-electron chi connectivity index (χ3n) is 3.44. The number of hydrogen-bond acceptors (Lipinski definition) is 2. The van der Waals surface area contributed by atoms with Gasteiger partial charge < -0.3 is 10.0 Å². The van der Waals surface area contributed by atoms with E-state index in [-0.39, 0.29) is 12.1 Å². The van der Waals surface area contributed by atoms with Gasteiger partial charge in [0.2, 0.25) is 0 Å². The largest absolute Gasteiger partial charge is 0.481 e. The molecule has 1 N–H and O–H groups in total. The molecule has 1 atom stereocenters. The number of carboxylic acids is 1. The van der Waals surface area contributed by atoms with Gasteiger partial charge in [-0.15, -0.1) is 0 Å². The molecule has 1 aliphatic rings. The van der Waals surface area contributed by atoms with E-state index in [0.717, 1.165) is 0 Å². The van der Waals surface area contributed by atoms with Gasteiger partial charge in [-0.25, -0.2) is 4.39 Å². The van der Waals surface area contributed by atoms with E-state index in [1.54, 1.807) is 6.92 Å². The average molecular weight is 330 g/mol. The Balaban J connectivity index is 2.22. The number of amides is 1. The molecule has 0 saturated carbocycles. The molecule has 1 unspecified atom stereocenters. The molecule has 0 bridgehead atoms. The van der Waals surface area contributed by atoms with E-state index in [1.807, 2.05) is 0 Å². The first-order valence-electron chi connectivity index (χ1n) is 5.81. The monoisotopic (exact) mass is 329 g/mol. The Morgan fingerprint density at radius 1 is 1.47 bits per heavy atom. The number of halogens is 2. The van der Waals surface area contributed by atoms with Gasteiger partial charge in [0.25, 0.3) is 5.91 Å². The lowest BCUT2D eigenvalue weighted by molar-refractivity contribution is -0.147. The summed E-state index contributed by atoms with van der Waals surface area (Å²) in [5.74, 6) is -2.00. The van der Waals surface area contributed by atoms with Crippen molar-refractivity contribution in [2.24, 2.45) is 5.41 Å². The maximum Gasteiger partial charge on any atom is 0.311 e. The molecule has 1 amide bonds. The van der Waals surface area contributed by atoms with Gasteiger partial charge in [-0.3, -0.25) is 9.59 Å². The fraction of sp³-hybridized carbons (Fsp3) is 0.385. The number of carbonyl (C=O) groups excluding carboxylic acids is 1. The SMILES string of the molecule is CC1(C(=O)O)CCN(C(=O)c2cc(Br)ccc2F)C1. The van der Waals surface area contributed by atoms with Gasteiger partial charge in [-0.2, -0.15) is 0 Å². The number of hydrogen-bond donors (Lipinski definition) is 1. The summed E-state index contributed by atoms with van der Waals surface area (Å²) in [5, 5.41) is 9.12. The number of likely N-dealkylation sites (tertiary alicyclic amines) is 1. The summed E-state index contributed by atoms with van der Waals surface area (Å²) in [6.45, 7) is 2.03. The Kier molecular flexibility index (Phi) is 3.62. The van der Waals surface area contributed by atoms with Crippen LogP contribution in [-0.4, -0.2) is 35.0 Å². The summed E-state index contributed by atoms with van der Waals surface area (Å²) in [5.41, 5.74) is -0.984. The number of carboxylic acid groups (broad SMARTS) is 1. The van der Waals surface area contributed by atoms with E-state index in [2.05, 4.69) is 15.9 Å². The number of aliphatic carboxylic acids is 1. The number of rotatable bonds is 2. The van der Waals surface area contributed by atoms with Gasteiger partial charge in [0.15, 0.2) is 0 Å². The zero-order chi connectivity index (χ0) is 14.2. The van der Waals surface area contributed by atoms with Gasteiger partial charge in [0.1, 0.15) is 5.82 Å². The molecule has 6 heteroatoms. The van der Waals surface area contributed by atoms with Crippen LogP contribution < -0.4 is 0 Å². The maximum absolute atomic E-state index is 13.6. The molecule has 2 rings (SSSR count). The van der Waals surface area contributed by atoms with Crippen LogP contribution in [0.5, 0.6) is 0 Å². The fourth-order valence-corrected chi connectivity index (χ4v) is 2.50. The number of carbonyl (C=O) groups is 2. The van der Waals surface area contributed by atoms with Gasteiger partial charge in [-0.1, -0.05) is 15.9 Å². The highest BCUT2D eigenvalue weighted by atomic mass is 79.9. The molecule has 1 aliphatic heterocycles. The summed E-state index contributed by atoms with van der Waals surface area (Å²) in [7, 11) is 0. The molecule has 1 saturated heterocycles.